The van der Waals surface area contributed by atoms with Crippen LogP contribution in [0.1, 0.15) is 26.8 Å². The summed E-state index contributed by atoms with van der Waals surface area (Å²) < 4.78 is 27.6. The fourth-order valence-electron chi connectivity index (χ4n) is 4.70. The molecule has 0 spiro atoms. The van der Waals surface area contributed by atoms with Crippen LogP contribution in [0.2, 0.25) is 0 Å². The number of hydrogen-bond acceptors (Lipinski definition) is 8. The van der Waals surface area contributed by atoms with Crippen LogP contribution in [0.25, 0.3) is 0 Å². The van der Waals surface area contributed by atoms with Gasteiger partial charge in [0.2, 0.25) is 12.7 Å². The van der Waals surface area contributed by atoms with Crippen molar-refractivity contribution in [2.24, 2.45) is 0 Å². The number of ether oxygens (including phenoxy) is 5. The zero-order valence-electron chi connectivity index (χ0n) is 21.4. The van der Waals surface area contributed by atoms with Crippen LogP contribution in [0.4, 0.5) is 0 Å². The average molecular weight is 539 g/mol. The van der Waals surface area contributed by atoms with Gasteiger partial charge in [-0.15, -0.1) is 11.3 Å². The van der Waals surface area contributed by atoms with Crippen LogP contribution in [0.3, 0.4) is 0 Å². The van der Waals surface area contributed by atoms with Crippen molar-refractivity contribution < 1.29 is 33.3 Å². The van der Waals surface area contributed by atoms with Gasteiger partial charge < -0.3 is 33.5 Å². The smallest absolute Gasteiger partial charge is 0.254 e. The number of nitrogens with zero attached hydrogens (tertiary/aromatic N) is 2. The molecule has 1 aromatic heterocycles. The first kappa shape index (κ1) is 25.9. The van der Waals surface area contributed by atoms with Crippen LogP contribution in [0.15, 0.2) is 53.9 Å². The molecule has 9 nitrogen and oxygen atoms in total. The molecule has 5 rings (SSSR count). The van der Waals surface area contributed by atoms with Crippen molar-refractivity contribution in [1.29, 1.82) is 0 Å². The van der Waals surface area contributed by atoms with E-state index < -0.39 is 0 Å². The van der Waals surface area contributed by atoms with E-state index >= 15 is 0 Å². The quantitative estimate of drug-likeness (QED) is 0.388. The van der Waals surface area contributed by atoms with Crippen molar-refractivity contribution in [1.82, 2.24) is 9.80 Å². The molecule has 0 N–H and O–H groups in total. The minimum absolute atomic E-state index is 0.0821. The molecule has 0 saturated heterocycles. The molecule has 0 bridgehead atoms. The van der Waals surface area contributed by atoms with E-state index in [9.17, 15) is 9.59 Å². The Balaban J connectivity index is 1.34. The van der Waals surface area contributed by atoms with E-state index in [2.05, 4.69) is 6.07 Å². The normalized spacial score (nSPS) is 15.6. The van der Waals surface area contributed by atoms with Crippen molar-refractivity contribution in [2.45, 2.75) is 12.5 Å². The molecule has 1 atom stereocenters. The van der Waals surface area contributed by atoms with Crippen LogP contribution in [-0.4, -0.2) is 75.5 Å². The Morgan fingerprint density at radius 2 is 1.89 bits per heavy atom. The number of carbonyl (C=O) groups is 2. The van der Waals surface area contributed by atoms with Crippen LogP contribution in [-0.2, 0) is 16.0 Å². The maximum Gasteiger partial charge on any atom is 0.254 e. The number of rotatable bonds is 10. The number of para-hydroxylation sites is 2. The van der Waals surface area contributed by atoms with Gasteiger partial charge in [-0.3, -0.25) is 9.59 Å². The highest BCUT2D eigenvalue weighted by molar-refractivity contribution is 7.10. The molecular weight excluding hydrogens is 508 g/mol. The fraction of sp³-hybridized carbons (Fsp3) is 0.357. The van der Waals surface area contributed by atoms with E-state index in [1.54, 1.807) is 43.8 Å². The summed E-state index contributed by atoms with van der Waals surface area (Å²) in [6.07, 6.45) is 0.762. The Morgan fingerprint density at radius 3 is 2.71 bits per heavy atom. The van der Waals surface area contributed by atoms with E-state index in [1.807, 2.05) is 34.5 Å². The van der Waals surface area contributed by atoms with Crippen molar-refractivity contribution in [3.05, 3.63) is 69.9 Å². The summed E-state index contributed by atoms with van der Waals surface area (Å²) in [5.41, 5.74) is 1.50. The van der Waals surface area contributed by atoms with Gasteiger partial charge in [0.25, 0.3) is 5.91 Å². The van der Waals surface area contributed by atoms with Gasteiger partial charge >= 0.3 is 0 Å². The van der Waals surface area contributed by atoms with Gasteiger partial charge in [0.05, 0.1) is 19.8 Å². The Kier molecular flexibility index (Phi) is 8.00. The molecular formula is C28H30N2O7S. The molecule has 0 radical (unpaired) electrons. The van der Waals surface area contributed by atoms with Gasteiger partial charge in [0.15, 0.2) is 23.0 Å². The molecule has 200 valence electrons. The molecule has 10 heteroatoms. The van der Waals surface area contributed by atoms with Gasteiger partial charge in [-0.2, -0.15) is 0 Å². The predicted octanol–water partition coefficient (Wildman–Crippen LogP) is 3.78. The van der Waals surface area contributed by atoms with Crippen molar-refractivity contribution >= 4 is 23.2 Å². The minimum Gasteiger partial charge on any atom is -0.493 e. The summed E-state index contributed by atoms with van der Waals surface area (Å²) >= 11 is 1.69. The molecule has 3 heterocycles. The number of fused-ring (bicyclic) bond motifs is 2. The Labute approximate surface area is 225 Å². The van der Waals surface area contributed by atoms with Gasteiger partial charge in [-0.05, 0) is 53.8 Å². The Bertz CT molecular complexity index is 1290. The van der Waals surface area contributed by atoms with Crippen LogP contribution < -0.4 is 18.9 Å². The molecule has 0 fully saturated rings. The van der Waals surface area contributed by atoms with E-state index in [1.165, 1.54) is 9.78 Å². The van der Waals surface area contributed by atoms with Gasteiger partial charge in [-0.25, -0.2) is 0 Å². The Hall–Kier alpha value is -3.76. The highest BCUT2D eigenvalue weighted by Gasteiger charge is 2.34. The third-order valence-corrected chi connectivity index (χ3v) is 7.68. The minimum atomic E-state index is -0.285. The summed E-state index contributed by atoms with van der Waals surface area (Å²) in [6.45, 7) is 1.43. The summed E-state index contributed by atoms with van der Waals surface area (Å²) in [7, 11) is 3.17. The number of carbonyl (C=O) groups excluding carboxylic acids is 2. The molecule has 1 unspecified atom stereocenters. The van der Waals surface area contributed by atoms with E-state index in [0.717, 1.165) is 12.0 Å². The standard InChI is InChI=1S/C28H30N2O7S/c1-33-13-12-29(28(32)19-7-8-24-25(15-19)37-18-36-24)16-27(31)30-11-9-26-20(10-14-38-26)21(30)17-35-23-6-4-3-5-22(23)34-2/h3-8,10,14-15,21H,9,11-13,16-18H2,1-2H3. The first-order valence-corrected chi connectivity index (χ1v) is 13.3. The van der Waals surface area contributed by atoms with E-state index in [0.29, 0.717) is 41.7 Å². The molecule has 3 aromatic rings. The molecule has 0 saturated carbocycles. The maximum absolute atomic E-state index is 13.7. The third-order valence-electron chi connectivity index (χ3n) is 6.68. The lowest BCUT2D eigenvalue weighted by Gasteiger charge is -2.37. The second-order valence-electron chi connectivity index (χ2n) is 8.90. The SMILES string of the molecule is COCCN(CC(=O)N1CCc2sccc2C1COc1ccccc1OC)C(=O)c1ccc2c(c1)OCO2. The summed E-state index contributed by atoms with van der Waals surface area (Å²) in [6, 6.07) is 14.3. The average Bonchev–Trinajstić information content (AvgIpc) is 3.62. The monoisotopic (exact) mass is 538 g/mol. The summed E-state index contributed by atoms with van der Waals surface area (Å²) in [5, 5.41) is 2.04. The van der Waals surface area contributed by atoms with Crippen LogP contribution in [0.5, 0.6) is 23.0 Å². The van der Waals surface area contributed by atoms with Gasteiger partial charge in [0.1, 0.15) is 13.2 Å². The second-order valence-corrected chi connectivity index (χ2v) is 9.90. The zero-order chi connectivity index (χ0) is 26.5. The lowest BCUT2D eigenvalue weighted by atomic mass is 10.0. The molecule has 2 aliphatic heterocycles. The Morgan fingerprint density at radius 1 is 1.08 bits per heavy atom. The lowest BCUT2D eigenvalue weighted by Crippen LogP contribution is -2.48. The van der Waals surface area contributed by atoms with Gasteiger partial charge in [0, 0.05) is 30.6 Å². The lowest BCUT2D eigenvalue weighted by molar-refractivity contribution is -0.135. The van der Waals surface area contributed by atoms with Crippen LogP contribution >= 0.6 is 11.3 Å². The van der Waals surface area contributed by atoms with E-state index in [-0.39, 0.29) is 44.3 Å². The molecule has 0 aliphatic carbocycles. The number of benzene rings is 2. The number of amides is 2. The van der Waals surface area contributed by atoms with Crippen molar-refractivity contribution in [2.75, 3.05) is 53.9 Å². The van der Waals surface area contributed by atoms with Crippen molar-refractivity contribution in [3.63, 3.8) is 0 Å². The first-order valence-electron chi connectivity index (χ1n) is 12.4. The molecule has 2 aromatic carbocycles. The zero-order valence-corrected chi connectivity index (χ0v) is 22.2. The van der Waals surface area contributed by atoms with E-state index in [4.69, 9.17) is 23.7 Å². The number of hydrogen-bond donors (Lipinski definition) is 0. The highest BCUT2D eigenvalue weighted by atomic mass is 32.1. The molecule has 2 aliphatic rings. The fourth-order valence-corrected chi connectivity index (χ4v) is 5.63. The molecule has 38 heavy (non-hydrogen) atoms. The summed E-state index contributed by atoms with van der Waals surface area (Å²) in [5.74, 6) is 1.93. The number of methoxy groups -OCH3 is 2. The maximum atomic E-state index is 13.7. The first-order chi connectivity index (χ1) is 18.6. The third kappa shape index (κ3) is 5.41. The van der Waals surface area contributed by atoms with Crippen molar-refractivity contribution in [3.8, 4) is 23.0 Å². The van der Waals surface area contributed by atoms with Gasteiger partial charge in [-0.1, -0.05) is 12.1 Å². The predicted molar refractivity (Wildman–Crippen MR) is 141 cm³/mol. The second kappa shape index (κ2) is 11.7. The topological polar surface area (TPSA) is 86.8 Å². The van der Waals surface area contributed by atoms with Crippen LogP contribution in [0, 0.1) is 0 Å². The number of thiophene rings is 1. The molecule has 2 amide bonds. The largest absolute Gasteiger partial charge is 0.493 e. The summed E-state index contributed by atoms with van der Waals surface area (Å²) in [4.78, 5) is 31.8. The highest BCUT2D eigenvalue weighted by Crippen LogP contribution is 2.36.